The smallest absolute Gasteiger partial charge is 0.183 e. The molecular weight excluding hydrogens is 130 g/mol. The van der Waals surface area contributed by atoms with Gasteiger partial charge in [-0.25, -0.2) is 0 Å². The highest BCUT2D eigenvalue weighted by atomic mass is 28.4. The van der Waals surface area contributed by atoms with Crippen molar-refractivity contribution in [3.8, 4) is 6.07 Å². The summed E-state index contributed by atoms with van der Waals surface area (Å²) in [6, 6.07) is 2.04. The van der Waals surface area contributed by atoms with E-state index in [-0.39, 0.29) is 0 Å². The third-order valence-corrected chi connectivity index (χ3v) is 1.82. The van der Waals surface area contributed by atoms with Gasteiger partial charge in [-0.1, -0.05) is 0 Å². The Morgan fingerprint density at radius 2 is 2.00 bits per heavy atom. The van der Waals surface area contributed by atoms with Crippen LogP contribution in [0.3, 0.4) is 0 Å². The van der Waals surface area contributed by atoms with Gasteiger partial charge in [-0.15, -0.1) is 0 Å². The summed E-state index contributed by atoms with van der Waals surface area (Å²) in [4.78, 5) is 0. The average molecular weight is 143 g/mol. The molecule has 0 radical (unpaired) electrons. The first-order valence-electron chi connectivity index (χ1n) is 3.07. The summed E-state index contributed by atoms with van der Waals surface area (Å²) < 4.78 is 5.39. The van der Waals surface area contributed by atoms with E-state index in [2.05, 4.69) is 19.6 Å². The van der Waals surface area contributed by atoms with Crippen molar-refractivity contribution in [1.82, 2.24) is 0 Å². The molecule has 0 atom stereocenters. The summed E-state index contributed by atoms with van der Waals surface area (Å²) in [5.74, 6) is 0. The van der Waals surface area contributed by atoms with Crippen molar-refractivity contribution >= 4 is 8.32 Å². The molecule has 0 aliphatic heterocycles. The SMILES string of the molecule is C[Si](C)(C)OCCC#N. The van der Waals surface area contributed by atoms with Gasteiger partial charge in [0.15, 0.2) is 8.32 Å². The topological polar surface area (TPSA) is 33.0 Å². The molecule has 2 nitrogen and oxygen atoms in total. The lowest BCUT2D eigenvalue weighted by Crippen LogP contribution is -2.25. The molecule has 0 aliphatic rings. The first kappa shape index (κ1) is 8.67. The van der Waals surface area contributed by atoms with E-state index in [1.165, 1.54) is 0 Å². The van der Waals surface area contributed by atoms with Gasteiger partial charge in [0, 0.05) is 6.61 Å². The van der Waals surface area contributed by atoms with Gasteiger partial charge < -0.3 is 4.43 Å². The standard InChI is InChI=1S/C6H13NOSi/c1-9(2,3)8-6-4-5-7/h4,6H2,1-3H3. The van der Waals surface area contributed by atoms with Gasteiger partial charge in [-0.05, 0) is 19.6 Å². The number of nitrogens with zero attached hydrogens (tertiary/aromatic N) is 1. The molecule has 0 fully saturated rings. The van der Waals surface area contributed by atoms with Crippen LogP contribution in [0.2, 0.25) is 19.6 Å². The van der Waals surface area contributed by atoms with Crippen LogP contribution in [0.5, 0.6) is 0 Å². The molecule has 0 aliphatic carbocycles. The highest BCUT2D eigenvalue weighted by molar-refractivity contribution is 6.69. The van der Waals surface area contributed by atoms with E-state index in [1.807, 2.05) is 6.07 Å². The highest BCUT2D eigenvalue weighted by Gasteiger charge is 2.12. The summed E-state index contributed by atoms with van der Waals surface area (Å²) in [6.45, 7) is 6.95. The van der Waals surface area contributed by atoms with E-state index in [9.17, 15) is 0 Å². The Hall–Kier alpha value is -0.333. The molecule has 0 aromatic carbocycles. The summed E-state index contributed by atoms with van der Waals surface area (Å²) >= 11 is 0. The zero-order chi connectivity index (χ0) is 7.33. The quantitative estimate of drug-likeness (QED) is 0.445. The van der Waals surface area contributed by atoms with Crippen molar-refractivity contribution in [2.45, 2.75) is 26.1 Å². The van der Waals surface area contributed by atoms with Gasteiger partial charge in [0.05, 0.1) is 12.5 Å². The van der Waals surface area contributed by atoms with Crippen molar-refractivity contribution in [3.05, 3.63) is 0 Å². The van der Waals surface area contributed by atoms with Crippen LogP contribution in [0.25, 0.3) is 0 Å². The molecule has 52 valence electrons. The minimum atomic E-state index is -1.35. The van der Waals surface area contributed by atoms with E-state index >= 15 is 0 Å². The fraction of sp³-hybridized carbons (Fsp3) is 0.833. The van der Waals surface area contributed by atoms with Crippen LogP contribution in [-0.4, -0.2) is 14.9 Å². The normalized spacial score (nSPS) is 10.9. The van der Waals surface area contributed by atoms with Crippen LogP contribution in [0, 0.1) is 11.3 Å². The molecule has 0 saturated heterocycles. The van der Waals surface area contributed by atoms with E-state index in [1.54, 1.807) is 0 Å². The van der Waals surface area contributed by atoms with E-state index in [0.717, 1.165) is 0 Å². The molecule has 0 rings (SSSR count). The second kappa shape index (κ2) is 3.65. The van der Waals surface area contributed by atoms with Crippen LogP contribution in [0.15, 0.2) is 0 Å². The molecule has 0 aromatic rings. The van der Waals surface area contributed by atoms with Gasteiger partial charge in [-0.2, -0.15) is 5.26 Å². The summed E-state index contributed by atoms with van der Waals surface area (Å²) in [5, 5.41) is 8.15. The Morgan fingerprint density at radius 1 is 1.44 bits per heavy atom. The zero-order valence-corrected chi connectivity index (χ0v) is 7.27. The first-order chi connectivity index (χ1) is 4.06. The van der Waals surface area contributed by atoms with Crippen molar-refractivity contribution in [2.24, 2.45) is 0 Å². The third-order valence-electron chi connectivity index (χ3n) is 0.749. The predicted molar refractivity (Wildman–Crippen MR) is 39.5 cm³/mol. The Labute approximate surface area is 57.6 Å². The second-order valence-electron chi connectivity index (χ2n) is 2.87. The fourth-order valence-corrected chi connectivity index (χ4v) is 1.12. The first-order valence-corrected chi connectivity index (χ1v) is 6.48. The Bertz CT molecular complexity index is 111. The molecule has 0 saturated carbocycles. The minimum absolute atomic E-state index is 0.518. The van der Waals surface area contributed by atoms with Gasteiger partial charge in [0.25, 0.3) is 0 Å². The second-order valence-corrected chi connectivity index (χ2v) is 7.38. The average Bonchev–Trinajstić information content (AvgIpc) is 1.63. The largest absolute Gasteiger partial charge is 0.417 e. The van der Waals surface area contributed by atoms with E-state index in [0.29, 0.717) is 13.0 Å². The molecule has 3 heteroatoms. The third kappa shape index (κ3) is 7.67. The van der Waals surface area contributed by atoms with Gasteiger partial charge >= 0.3 is 0 Å². The van der Waals surface area contributed by atoms with Crippen LogP contribution in [-0.2, 0) is 4.43 Å². The van der Waals surface area contributed by atoms with Gasteiger partial charge in [-0.3, -0.25) is 0 Å². The monoisotopic (exact) mass is 143 g/mol. The van der Waals surface area contributed by atoms with Crippen molar-refractivity contribution < 1.29 is 4.43 Å². The lowest BCUT2D eigenvalue weighted by atomic mass is 10.5. The molecule has 0 spiro atoms. The van der Waals surface area contributed by atoms with Crippen molar-refractivity contribution in [1.29, 1.82) is 5.26 Å². The van der Waals surface area contributed by atoms with Crippen molar-refractivity contribution in [3.63, 3.8) is 0 Å². The highest BCUT2D eigenvalue weighted by Crippen LogP contribution is 2.01. The summed E-state index contributed by atoms with van der Waals surface area (Å²) in [5.41, 5.74) is 0. The maximum Gasteiger partial charge on any atom is 0.183 e. The van der Waals surface area contributed by atoms with E-state index < -0.39 is 8.32 Å². The van der Waals surface area contributed by atoms with Crippen LogP contribution < -0.4 is 0 Å². The number of nitriles is 1. The van der Waals surface area contributed by atoms with Crippen LogP contribution in [0.1, 0.15) is 6.42 Å². The zero-order valence-electron chi connectivity index (χ0n) is 6.27. The summed E-state index contributed by atoms with van der Waals surface area (Å²) in [7, 11) is -1.35. The molecule has 0 aromatic heterocycles. The lowest BCUT2D eigenvalue weighted by molar-refractivity contribution is 0.320. The molecule has 0 heterocycles. The van der Waals surface area contributed by atoms with Crippen LogP contribution >= 0.6 is 0 Å². The molecule has 0 amide bonds. The van der Waals surface area contributed by atoms with Gasteiger partial charge in [0.2, 0.25) is 0 Å². The molecule has 0 N–H and O–H groups in total. The fourth-order valence-electron chi connectivity index (χ4n) is 0.403. The Morgan fingerprint density at radius 3 is 2.33 bits per heavy atom. The number of hydrogen-bond donors (Lipinski definition) is 0. The van der Waals surface area contributed by atoms with Crippen molar-refractivity contribution in [2.75, 3.05) is 6.61 Å². The molecule has 0 unspecified atom stereocenters. The van der Waals surface area contributed by atoms with E-state index in [4.69, 9.17) is 9.69 Å². The van der Waals surface area contributed by atoms with Gasteiger partial charge in [0.1, 0.15) is 0 Å². The summed E-state index contributed by atoms with van der Waals surface area (Å²) in [6.07, 6.45) is 0.518. The molecule has 9 heavy (non-hydrogen) atoms. The molecular formula is C6H13NOSi. The minimum Gasteiger partial charge on any atom is -0.417 e. The maximum atomic E-state index is 8.15. The predicted octanol–water partition coefficient (Wildman–Crippen LogP) is 1.75. The Kier molecular flexibility index (Phi) is 3.51. The van der Waals surface area contributed by atoms with Crippen LogP contribution in [0.4, 0.5) is 0 Å². The maximum absolute atomic E-state index is 8.15. The molecule has 0 bridgehead atoms. The Balaban J connectivity index is 3.20. The lowest BCUT2D eigenvalue weighted by Gasteiger charge is -2.15. The number of hydrogen-bond acceptors (Lipinski definition) is 2. The number of rotatable bonds is 3.